The molecule has 6 nitrogen and oxygen atoms in total. The highest BCUT2D eigenvalue weighted by atomic mass is 16.4. The Balaban J connectivity index is 0. The van der Waals surface area contributed by atoms with Gasteiger partial charge in [0, 0.05) is 25.9 Å². The molecule has 0 aromatic heterocycles. The van der Waals surface area contributed by atoms with Gasteiger partial charge in [0.25, 0.3) is 0 Å². The second kappa shape index (κ2) is 16.3. The summed E-state index contributed by atoms with van der Waals surface area (Å²) in [7, 11) is 0. The minimum atomic E-state index is -0.746. The molecule has 25 heavy (non-hydrogen) atoms. The Morgan fingerprint density at radius 2 is 1.52 bits per heavy atom. The van der Waals surface area contributed by atoms with Gasteiger partial charge in [0.2, 0.25) is 5.91 Å². The average Bonchev–Trinajstić information content (AvgIpc) is 2.49. The van der Waals surface area contributed by atoms with Crippen LogP contribution >= 0.6 is 0 Å². The summed E-state index contributed by atoms with van der Waals surface area (Å²) >= 11 is 0. The van der Waals surface area contributed by atoms with E-state index in [4.69, 9.17) is 15.9 Å². The molecular formula is C19H40N2O4. The van der Waals surface area contributed by atoms with Gasteiger partial charge >= 0.3 is 5.97 Å². The van der Waals surface area contributed by atoms with Crippen LogP contribution in [0.25, 0.3) is 0 Å². The molecule has 0 fully saturated rings. The molecule has 0 heterocycles. The Bertz CT molecular complexity index is 339. The number of hydrogen-bond donors (Lipinski definition) is 4. The number of unbranched alkanes of at least 4 members (excludes halogenated alkanes) is 4. The zero-order valence-electron chi connectivity index (χ0n) is 16.6. The third-order valence-corrected chi connectivity index (χ3v) is 3.56. The van der Waals surface area contributed by atoms with Crippen LogP contribution in [0, 0.1) is 5.41 Å². The molecule has 1 unspecified atom stereocenters. The lowest BCUT2D eigenvalue weighted by atomic mass is 9.89. The molecule has 0 spiro atoms. The minimum absolute atomic E-state index is 0.124. The number of carboxylic acids is 1. The van der Waals surface area contributed by atoms with Crippen LogP contribution in [0.4, 0.5) is 0 Å². The van der Waals surface area contributed by atoms with Crippen molar-refractivity contribution in [3.8, 4) is 0 Å². The predicted molar refractivity (Wildman–Crippen MR) is 102 cm³/mol. The van der Waals surface area contributed by atoms with Gasteiger partial charge in [-0.3, -0.25) is 9.59 Å². The molecule has 6 heteroatoms. The molecule has 0 aliphatic heterocycles. The van der Waals surface area contributed by atoms with E-state index in [0.717, 1.165) is 25.7 Å². The highest BCUT2D eigenvalue weighted by Gasteiger charge is 2.09. The Hall–Kier alpha value is -1.14. The fourth-order valence-corrected chi connectivity index (χ4v) is 2.01. The molecule has 0 aromatic carbocycles. The lowest BCUT2D eigenvalue weighted by molar-refractivity contribution is -0.137. The van der Waals surface area contributed by atoms with E-state index in [-0.39, 0.29) is 18.4 Å². The number of rotatable bonds is 12. The maximum Gasteiger partial charge on any atom is 0.303 e. The van der Waals surface area contributed by atoms with Crippen LogP contribution in [0.1, 0.15) is 85.5 Å². The number of nitrogens with two attached hydrogens (primary N) is 1. The summed E-state index contributed by atoms with van der Waals surface area (Å²) in [4.78, 5) is 21.8. The van der Waals surface area contributed by atoms with Crippen LogP contribution in [-0.4, -0.2) is 41.3 Å². The summed E-state index contributed by atoms with van der Waals surface area (Å²) in [6.45, 7) is 9.40. The fourth-order valence-electron chi connectivity index (χ4n) is 2.01. The van der Waals surface area contributed by atoms with Crippen molar-refractivity contribution in [1.29, 1.82) is 0 Å². The van der Waals surface area contributed by atoms with E-state index in [1.807, 2.05) is 0 Å². The van der Waals surface area contributed by atoms with Crippen LogP contribution in [-0.2, 0) is 9.59 Å². The summed E-state index contributed by atoms with van der Waals surface area (Å²) in [5, 5.41) is 19.6. The summed E-state index contributed by atoms with van der Waals surface area (Å²) in [5.74, 6) is -0.622. The summed E-state index contributed by atoms with van der Waals surface area (Å²) in [6, 6.07) is 0. The highest BCUT2D eigenvalue weighted by molar-refractivity contribution is 5.75. The molecule has 150 valence electrons. The van der Waals surface area contributed by atoms with Gasteiger partial charge in [0.15, 0.2) is 0 Å². The van der Waals surface area contributed by atoms with Gasteiger partial charge < -0.3 is 21.3 Å². The first-order chi connectivity index (χ1) is 11.6. The van der Waals surface area contributed by atoms with Crippen LogP contribution in [0.5, 0.6) is 0 Å². The predicted octanol–water partition coefficient (Wildman–Crippen LogP) is 3.07. The molecule has 1 amide bonds. The molecule has 0 aromatic rings. The van der Waals surface area contributed by atoms with Gasteiger partial charge in [-0.25, -0.2) is 0 Å². The first-order valence-corrected chi connectivity index (χ1v) is 9.45. The average molecular weight is 361 g/mol. The van der Waals surface area contributed by atoms with Crippen LogP contribution in [0.3, 0.4) is 0 Å². The Morgan fingerprint density at radius 3 is 2.00 bits per heavy atom. The van der Waals surface area contributed by atoms with E-state index in [1.54, 1.807) is 6.92 Å². The molecule has 1 atom stereocenters. The van der Waals surface area contributed by atoms with Crippen molar-refractivity contribution in [3.63, 3.8) is 0 Å². The number of carbonyl (C=O) groups is 2. The number of amides is 1. The zero-order chi connectivity index (χ0) is 19.7. The number of aliphatic hydroxyl groups excluding tert-OH is 1. The van der Waals surface area contributed by atoms with Gasteiger partial charge in [-0.05, 0) is 38.0 Å². The van der Waals surface area contributed by atoms with Gasteiger partial charge in [-0.2, -0.15) is 0 Å². The second-order valence-electron chi connectivity index (χ2n) is 7.76. The smallest absolute Gasteiger partial charge is 0.303 e. The number of aliphatic hydroxyl groups is 1. The molecule has 0 bridgehead atoms. The summed E-state index contributed by atoms with van der Waals surface area (Å²) < 4.78 is 0. The van der Waals surface area contributed by atoms with Crippen molar-refractivity contribution < 1.29 is 19.8 Å². The maximum atomic E-state index is 11.5. The molecule has 0 saturated heterocycles. The number of hydrogen-bond acceptors (Lipinski definition) is 4. The Labute approximate surface area is 153 Å². The van der Waals surface area contributed by atoms with Gasteiger partial charge in [-0.15, -0.1) is 0 Å². The molecule has 0 saturated carbocycles. The molecule has 0 rings (SSSR count). The first kappa shape index (κ1) is 26.1. The van der Waals surface area contributed by atoms with Crippen molar-refractivity contribution >= 4 is 11.9 Å². The van der Waals surface area contributed by atoms with E-state index in [0.29, 0.717) is 31.3 Å². The lowest BCUT2D eigenvalue weighted by Crippen LogP contribution is -2.24. The van der Waals surface area contributed by atoms with Crippen molar-refractivity contribution in [3.05, 3.63) is 0 Å². The number of aliphatic carboxylic acids is 1. The van der Waals surface area contributed by atoms with E-state index in [2.05, 4.69) is 26.1 Å². The molecule has 5 N–H and O–H groups in total. The van der Waals surface area contributed by atoms with Gasteiger partial charge in [0.05, 0.1) is 6.10 Å². The number of carbonyl (C=O) groups excluding carboxylic acids is 1. The van der Waals surface area contributed by atoms with Gasteiger partial charge in [-0.1, -0.05) is 40.0 Å². The minimum Gasteiger partial charge on any atom is -0.481 e. The third-order valence-electron chi connectivity index (χ3n) is 3.56. The maximum absolute atomic E-state index is 11.5. The van der Waals surface area contributed by atoms with Crippen molar-refractivity contribution in [2.45, 2.75) is 91.6 Å². The normalized spacial score (nSPS) is 12.1. The lowest BCUT2D eigenvalue weighted by Gasteiger charge is -2.17. The van der Waals surface area contributed by atoms with E-state index in [1.165, 1.54) is 12.8 Å². The molecule has 0 aliphatic rings. The molecular weight excluding hydrogens is 320 g/mol. The summed E-state index contributed by atoms with van der Waals surface area (Å²) in [5.41, 5.74) is 5.31. The molecule has 0 radical (unpaired) electrons. The third kappa shape index (κ3) is 28.0. The Kier molecular flexibility index (Phi) is 17.0. The standard InChI is InChI=1S/C16H31NO3.C3H9NO/c1-16(2,3)12-8-4-6-10-14(18)17-13-9-5-7-11-15(19)20;1-3(5)2-4/h4-13H2,1-3H3,(H,17,18)(H,19,20);3,5H,2,4H2,1H3. The second-order valence-corrected chi connectivity index (χ2v) is 7.76. The topological polar surface area (TPSA) is 113 Å². The number of nitrogens with one attached hydrogen (secondary N) is 1. The SMILES string of the molecule is CC(C)(C)CCCCCC(=O)NCCCCCC(=O)O.CC(O)CN. The van der Waals surface area contributed by atoms with Crippen molar-refractivity contribution in [1.82, 2.24) is 5.32 Å². The van der Waals surface area contributed by atoms with Crippen molar-refractivity contribution in [2.24, 2.45) is 11.1 Å². The summed E-state index contributed by atoms with van der Waals surface area (Å²) in [6.07, 6.45) is 7.38. The number of carboxylic acid groups (broad SMARTS) is 1. The first-order valence-electron chi connectivity index (χ1n) is 9.45. The Morgan fingerprint density at radius 1 is 1.00 bits per heavy atom. The van der Waals surface area contributed by atoms with Crippen molar-refractivity contribution in [2.75, 3.05) is 13.1 Å². The largest absolute Gasteiger partial charge is 0.481 e. The van der Waals surface area contributed by atoms with Crippen LogP contribution in [0.2, 0.25) is 0 Å². The zero-order valence-corrected chi connectivity index (χ0v) is 16.6. The fraction of sp³-hybridized carbons (Fsp3) is 0.895. The van der Waals surface area contributed by atoms with E-state index < -0.39 is 5.97 Å². The molecule has 0 aliphatic carbocycles. The van der Waals surface area contributed by atoms with Crippen LogP contribution in [0.15, 0.2) is 0 Å². The highest BCUT2D eigenvalue weighted by Crippen LogP contribution is 2.22. The van der Waals surface area contributed by atoms with E-state index >= 15 is 0 Å². The van der Waals surface area contributed by atoms with E-state index in [9.17, 15) is 9.59 Å². The van der Waals surface area contributed by atoms with Gasteiger partial charge in [0.1, 0.15) is 0 Å². The quantitative estimate of drug-likeness (QED) is 0.400. The monoisotopic (exact) mass is 360 g/mol. The van der Waals surface area contributed by atoms with Crippen LogP contribution < -0.4 is 11.1 Å².